The number of amides is 2. The van der Waals surface area contributed by atoms with Crippen LogP contribution in [0.15, 0.2) is 29.6 Å². The molecule has 1 aromatic carbocycles. The zero-order chi connectivity index (χ0) is 31.9. The second kappa shape index (κ2) is 18.6. The number of carboxylic acid groups (broad SMARTS) is 1. The van der Waals surface area contributed by atoms with Gasteiger partial charge in [0, 0.05) is 49.9 Å². The maximum atomic E-state index is 13.4. The highest BCUT2D eigenvalue weighted by molar-refractivity contribution is 7.09. The van der Waals surface area contributed by atoms with Crippen molar-refractivity contribution in [2.75, 3.05) is 13.2 Å². The van der Waals surface area contributed by atoms with Crippen molar-refractivity contribution in [3.8, 4) is 5.75 Å². The lowest BCUT2D eigenvalue weighted by atomic mass is 9.94. The smallest absolute Gasteiger partial charge is 0.303 e. The van der Waals surface area contributed by atoms with Gasteiger partial charge in [0.1, 0.15) is 22.6 Å². The molecular formula is C33H51N3O6S. The Morgan fingerprint density at radius 1 is 1.07 bits per heavy atom. The average Bonchev–Trinajstić information content (AvgIpc) is 3.46. The molecule has 2 aromatic rings. The summed E-state index contributed by atoms with van der Waals surface area (Å²) in [6, 6.07) is 6.19. The SMILES string of the molecule is CCCO[C@H](CC(C(C)C)N(CCC)C(=O)C[C@@H](C)CC)c1nc(C(=O)N[C@H](CCC(=O)O)Cc2ccc(O)cc2)cs1. The molecular weight excluding hydrogens is 566 g/mol. The van der Waals surface area contributed by atoms with Crippen LogP contribution < -0.4 is 5.32 Å². The van der Waals surface area contributed by atoms with Crippen LogP contribution in [0.4, 0.5) is 0 Å². The molecule has 240 valence electrons. The van der Waals surface area contributed by atoms with Crippen LogP contribution in [0.25, 0.3) is 0 Å². The molecule has 0 bridgehead atoms. The predicted octanol–water partition coefficient (Wildman–Crippen LogP) is 6.61. The van der Waals surface area contributed by atoms with Crippen LogP contribution in [0, 0.1) is 11.8 Å². The minimum atomic E-state index is -0.934. The van der Waals surface area contributed by atoms with E-state index in [-0.39, 0.29) is 54.2 Å². The minimum absolute atomic E-state index is 0.0368. The van der Waals surface area contributed by atoms with Crippen LogP contribution in [0.5, 0.6) is 5.75 Å². The van der Waals surface area contributed by atoms with Crippen molar-refractivity contribution in [2.45, 2.75) is 111 Å². The number of aliphatic carboxylic acids is 1. The van der Waals surface area contributed by atoms with Crippen LogP contribution in [0.1, 0.15) is 114 Å². The van der Waals surface area contributed by atoms with Gasteiger partial charge in [-0.1, -0.05) is 60.1 Å². The lowest BCUT2D eigenvalue weighted by Gasteiger charge is -2.37. The minimum Gasteiger partial charge on any atom is -0.508 e. The molecule has 0 saturated heterocycles. The van der Waals surface area contributed by atoms with E-state index in [1.54, 1.807) is 29.6 Å². The van der Waals surface area contributed by atoms with Crippen LogP contribution in [-0.4, -0.2) is 63.1 Å². The van der Waals surface area contributed by atoms with Crippen molar-refractivity contribution in [3.05, 3.63) is 45.9 Å². The Morgan fingerprint density at radius 3 is 2.35 bits per heavy atom. The fourth-order valence-electron chi connectivity index (χ4n) is 4.99. The Bertz CT molecular complexity index is 1140. The van der Waals surface area contributed by atoms with Crippen molar-refractivity contribution < 1.29 is 29.3 Å². The quantitative estimate of drug-likeness (QED) is 0.152. The highest BCUT2D eigenvalue weighted by atomic mass is 32.1. The molecule has 1 heterocycles. The van der Waals surface area contributed by atoms with Crippen molar-refractivity contribution in [1.29, 1.82) is 0 Å². The van der Waals surface area contributed by atoms with Gasteiger partial charge < -0.3 is 25.2 Å². The number of phenols is 1. The molecule has 0 saturated carbocycles. The molecule has 4 atom stereocenters. The fraction of sp³-hybridized carbons (Fsp3) is 0.636. The predicted molar refractivity (Wildman–Crippen MR) is 170 cm³/mol. The average molecular weight is 618 g/mol. The van der Waals surface area contributed by atoms with Crippen LogP contribution >= 0.6 is 11.3 Å². The number of carbonyl (C=O) groups is 3. The van der Waals surface area contributed by atoms with Gasteiger partial charge in [0.05, 0.1) is 0 Å². The number of phenolic OH excluding ortho intramolecular Hbond substituents is 1. The molecule has 9 nitrogen and oxygen atoms in total. The number of hydrogen-bond donors (Lipinski definition) is 3. The fourth-order valence-corrected chi connectivity index (χ4v) is 5.85. The van der Waals surface area contributed by atoms with E-state index in [9.17, 15) is 24.6 Å². The normalized spacial score (nSPS) is 14.2. The Hall–Kier alpha value is -2.98. The number of carbonyl (C=O) groups excluding carboxylic acids is 2. The summed E-state index contributed by atoms with van der Waals surface area (Å²) in [5, 5.41) is 24.2. The highest BCUT2D eigenvalue weighted by Gasteiger charge is 2.31. The molecule has 1 unspecified atom stereocenters. The molecule has 0 aliphatic heterocycles. The van der Waals surface area contributed by atoms with Crippen molar-refractivity contribution in [1.82, 2.24) is 15.2 Å². The number of nitrogens with zero attached hydrogens (tertiary/aromatic N) is 2. The summed E-state index contributed by atoms with van der Waals surface area (Å²) in [5.74, 6) is -0.469. The standard InChI is InChI=1S/C33H51N3O6S/c1-7-16-36(30(38)18-23(6)9-3)28(22(4)5)20-29(42-17-8-2)33-35-27(21-43-33)32(41)34-25(12-15-31(39)40)19-24-10-13-26(37)14-11-24/h10-11,13-14,21-23,25,28-29,37H,7-9,12,15-20H2,1-6H3,(H,34,41)(H,39,40)/t23-,25+,28?,29+/m0/s1. The molecule has 43 heavy (non-hydrogen) atoms. The van der Waals surface area contributed by atoms with Crippen LogP contribution in [0.3, 0.4) is 0 Å². The van der Waals surface area contributed by atoms with Gasteiger partial charge in [0.25, 0.3) is 5.91 Å². The summed E-state index contributed by atoms with van der Waals surface area (Å²) in [4.78, 5) is 44.6. The molecule has 2 rings (SSSR count). The maximum Gasteiger partial charge on any atom is 0.303 e. The summed E-state index contributed by atoms with van der Waals surface area (Å²) in [7, 11) is 0. The number of thiazole rings is 1. The van der Waals surface area contributed by atoms with E-state index < -0.39 is 12.0 Å². The zero-order valence-electron chi connectivity index (χ0n) is 26.7. The van der Waals surface area contributed by atoms with Crippen molar-refractivity contribution >= 4 is 29.1 Å². The Morgan fingerprint density at radius 2 is 1.77 bits per heavy atom. The molecule has 10 heteroatoms. The first-order chi connectivity index (χ1) is 20.5. The number of benzene rings is 1. The van der Waals surface area contributed by atoms with E-state index in [1.165, 1.54) is 11.3 Å². The van der Waals surface area contributed by atoms with Gasteiger partial charge in [-0.3, -0.25) is 14.4 Å². The lowest BCUT2D eigenvalue weighted by molar-refractivity contribution is -0.137. The van der Waals surface area contributed by atoms with E-state index in [0.717, 1.165) is 24.8 Å². The third-order valence-corrected chi connectivity index (χ3v) is 8.58. The number of aromatic hydroxyl groups is 1. The van der Waals surface area contributed by atoms with E-state index in [0.29, 0.717) is 43.3 Å². The number of ether oxygens (including phenoxy) is 1. The molecule has 1 aromatic heterocycles. The topological polar surface area (TPSA) is 129 Å². The molecule has 3 N–H and O–H groups in total. The van der Waals surface area contributed by atoms with Crippen molar-refractivity contribution in [3.63, 3.8) is 0 Å². The molecule has 2 amide bonds. The molecule has 0 fully saturated rings. The van der Waals surface area contributed by atoms with Crippen LogP contribution in [-0.2, 0) is 20.7 Å². The van der Waals surface area contributed by atoms with Gasteiger partial charge in [0.2, 0.25) is 5.91 Å². The number of carboxylic acids is 1. The molecule has 0 aliphatic carbocycles. The number of rotatable bonds is 20. The second-order valence-corrected chi connectivity index (χ2v) is 12.6. The van der Waals surface area contributed by atoms with E-state index in [2.05, 4.69) is 44.9 Å². The summed E-state index contributed by atoms with van der Waals surface area (Å²) < 4.78 is 6.29. The van der Waals surface area contributed by atoms with Crippen molar-refractivity contribution in [2.24, 2.45) is 11.8 Å². The first-order valence-corrected chi connectivity index (χ1v) is 16.5. The third kappa shape index (κ3) is 12.3. The van der Waals surface area contributed by atoms with E-state index in [4.69, 9.17) is 4.74 Å². The highest BCUT2D eigenvalue weighted by Crippen LogP contribution is 2.31. The summed E-state index contributed by atoms with van der Waals surface area (Å²) >= 11 is 1.37. The maximum absolute atomic E-state index is 13.4. The van der Waals surface area contributed by atoms with Crippen LogP contribution in [0.2, 0.25) is 0 Å². The lowest BCUT2D eigenvalue weighted by Crippen LogP contribution is -2.45. The van der Waals surface area contributed by atoms with E-state index >= 15 is 0 Å². The monoisotopic (exact) mass is 617 g/mol. The number of aromatic nitrogens is 1. The van der Waals surface area contributed by atoms with Gasteiger partial charge >= 0.3 is 5.97 Å². The number of nitrogens with one attached hydrogen (secondary N) is 1. The molecule has 0 aliphatic rings. The van der Waals surface area contributed by atoms with Gasteiger partial charge in [0.15, 0.2) is 0 Å². The Kier molecular flexibility index (Phi) is 15.7. The van der Waals surface area contributed by atoms with Gasteiger partial charge in [-0.25, -0.2) is 4.98 Å². The first kappa shape index (κ1) is 36.2. The second-order valence-electron chi connectivity index (χ2n) is 11.8. The first-order valence-electron chi connectivity index (χ1n) is 15.7. The largest absolute Gasteiger partial charge is 0.508 e. The Labute approximate surface area is 261 Å². The van der Waals surface area contributed by atoms with E-state index in [1.807, 2.05) is 11.8 Å². The summed E-state index contributed by atoms with van der Waals surface area (Å²) in [6.07, 6.45) is 3.99. The molecule has 0 radical (unpaired) electrons. The third-order valence-electron chi connectivity index (χ3n) is 7.64. The zero-order valence-corrected chi connectivity index (χ0v) is 27.5. The van der Waals surface area contributed by atoms with Gasteiger partial charge in [-0.2, -0.15) is 0 Å². The number of hydrogen-bond acceptors (Lipinski definition) is 7. The summed E-state index contributed by atoms with van der Waals surface area (Å²) in [5.41, 5.74) is 1.13. The van der Waals surface area contributed by atoms with Gasteiger partial charge in [-0.05, 0) is 55.2 Å². The summed E-state index contributed by atoms with van der Waals surface area (Å²) in [6.45, 7) is 13.8. The molecule has 0 spiro atoms. The Balaban J connectivity index is 2.26. The van der Waals surface area contributed by atoms with Gasteiger partial charge in [-0.15, -0.1) is 11.3 Å².